The maximum absolute atomic E-state index is 16.9. The van der Waals surface area contributed by atoms with Crippen LogP contribution in [0.15, 0.2) is 37.1 Å². The number of nitrogen functional groups attached to an aromatic ring is 2. The Morgan fingerprint density at radius 2 is 1.98 bits per heavy atom. The summed E-state index contributed by atoms with van der Waals surface area (Å²) in [6.07, 6.45) is -2.76. The van der Waals surface area contributed by atoms with E-state index in [1.165, 1.54) is 18.1 Å². The zero-order valence-corrected chi connectivity index (χ0v) is 24.5. The molecule has 6 rings (SSSR count). The first-order chi connectivity index (χ1) is 21.9. The number of nitrogens with two attached hydrogens (primary N) is 2. The summed E-state index contributed by atoms with van der Waals surface area (Å²) in [5.74, 6) is -4.13. The van der Waals surface area contributed by atoms with Crippen LogP contribution in [0.1, 0.15) is 29.2 Å². The highest BCUT2D eigenvalue weighted by molar-refractivity contribution is 7.23. The van der Waals surface area contributed by atoms with Crippen molar-refractivity contribution in [3.05, 3.63) is 71.2 Å². The number of rotatable bonds is 6. The largest absolute Gasteiger partial charge is 0.490 e. The first-order valence-corrected chi connectivity index (χ1v) is 14.2. The SMILES string of the molecule is C=CC[C@H](c1cc(F)cnc1N)N1CCOc2c(C(F)(F)F)c(-c3ccc(F)c4sc(N)c(C#N)c34)c(F)c3nc(OC)nc1c23. The number of nitrogens with zero attached hydrogens (tertiary/aromatic N) is 5. The van der Waals surface area contributed by atoms with E-state index >= 15 is 17.6 Å². The van der Waals surface area contributed by atoms with Crippen molar-refractivity contribution in [1.82, 2.24) is 15.0 Å². The molecule has 16 heteroatoms. The standard InChI is InChI=1S/C30H21F6N7O2S/c1-3-4-17(14-9-12(31)11-40-26(14)38)43-7-8-45-24-20-23(41-29(44-2)42-28(20)43)22(33)19(21(24)30(34,35)36)13-5-6-16(32)25-18(13)15(10-37)27(39)46-25/h3,5-6,9,11,17H,1,4,7-8,39H2,2H3,(H2,38,40)/t17-/m1/s1. The van der Waals surface area contributed by atoms with Crippen molar-refractivity contribution in [2.45, 2.75) is 18.6 Å². The number of hydrogen-bond acceptors (Lipinski definition) is 10. The Balaban J connectivity index is 1.76. The quantitative estimate of drug-likeness (QED) is 0.148. The molecule has 46 heavy (non-hydrogen) atoms. The van der Waals surface area contributed by atoms with Gasteiger partial charge in [-0.2, -0.15) is 28.4 Å². The second-order valence-electron chi connectivity index (χ2n) is 10.1. The van der Waals surface area contributed by atoms with Crippen molar-refractivity contribution in [1.29, 1.82) is 5.26 Å². The highest BCUT2D eigenvalue weighted by atomic mass is 32.1. The van der Waals surface area contributed by atoms with Crippen molar-refractivity contribution in [3.8, 4) is 29.0 Å². The number of aromatic nitrogens is 3. The molecular weight excluding hydrogens is 636 g/mol. The van der Waals surface area contributed by atoms with Gasteiger partial charge < -0.3 is 25.8 Å². The third kappa shape index (κ3) is 4.74. The normalized spacial score (nSPS) is 13.7. The van der Waals surface area contributed by atoms with Crippen molar-refractivity contribution in [3.63, 3.8) is 0 Å². The number of halogens is 6. The molecule has 0 saturated carbocycles. The number of alkyl halides is 3. The lowest BCUT2D eigenvalue weighted by atomic mass is 9.91. The van der Waals surface area contributed by atoms with Crippen LogP contribution in [0.2, 0.25) is 0 Å². The van der Waals surface area contributed by atoms with Gasteiger partial charge in [0.2, 0.25) is 0 Å². The van der Waals surface area contributed by atoms with E-state index in [0.717, 1.165) is 24.4 Å². The van der Waals surface area contributed by atoms with Crippen LogP contribution in [0.3, 0.4) is 0 Å². The fourth-order valence-electron chi connectivity index (χ4n) is 5.71. The first-order valence-electron chi connectivity index (χ1n) is 13.4. The Hall–Kier alpha value is -5.30. The second kappa shape index (κ2) is 11.2. The summed E-state index contributed by atoms with van der Waals surface area (Å²) in [5.41, 5.74) is 8.24. The molecule has 4 heterocycles. The zero-order valence-electron chi connectivity index (χ0n) is 23.7. The van der Waals surface area contributed by atoms with Gasteiger partial charge in [0, 0.05) is 16.5 Å². The van der Waals surface area contributed by atoms with Gasteiger partial charge >= 0.3 is 12.2 Å². The average Bonchev–Trinajstić information content (AvgIpc) is 3.25. The Morgan fingerprint density at radius 3 is 2.65 bits per heavy atom. The molecule has 1 aliphatic rings. The number of fused-ring (bicyclic) bond motifs is 1. The molecule has 0 bridgehead atoms. The molecule has 1 atom stereocenters. The summed E-state index contributed by atoms with van der Waals surface area (Å²) >= 11 is 0.646. The van der Waals surface area contributed by atoms with Crippen LogP contribution in [0.5, 0.6) is 11.8 Å². The summed E-state index contributed by atoms with van der Waals surface area (Å²) < 4.78 is 102. The third-order valence-corrected chi connectivity index (χ3v) is 8.59. The van der Waals surface area contributed by atoms with Gasteiger partial charge in [-0.15, -0.1) is 17.9 Å². The van der Waals surface area contributed by atoms with Gasteiger partial charge in [-0.05, 0) is 24.1 Å². The molecule has 0 fully saturated rings. The Labute approximate surface area is 260 Å². The highest BCUT2D eigenvalue weighted by Crippen LogP contribution is 2.54. The summed E-state index contributed by atoms with van der Waals surface area (Å²) in [6.45, 7) is 3.22. The van der Waals surface area contributed by atoms with E-state index in [-0.39, 0.29) is 57.4 Å². The molecule has 0 amide bonds. The molecule has 0 aliphatic carbocycles. The molecular formula is C30H21F6N7O2S. The van der Waals surface area contributed by atoms with Gasteiger partial charge in [0.05, 0.1) is 41.5 Å². The maximum Gasteiger partial charge on any atom is 0.420 e. The number of ether oxygens (including phenoxy) is 2. The lowest BCUT2D eigenvalue weighted by Gasteiger charge is -2.32. The molecule has 1 aliphatic heterocycles. The van der Waals surface area contributed by atoms with Crippen LogP contribution in [0, 0.1) is 28.8 Å². The van der Waals surface area contributed by atoms with Gasteiger partial charge in [-0.25, -0.2) is 18.2 Å². The highest BCUT2D eigenvalue weighted by Gasteiger charge is 2.44. The molecule has 0 radical (unpaired) electrons. The first kappa shape index (κ1) is 30.7. The minimum Gasteiger partial charge on any atom is -0.490 e. The van der Waals surface area contributed by atoms with Gasteiger partial charge in [0.25, 0.3) is 0 Å². The number of benzene rings is 2. The number of nitriles is 1. The van der Waals surface area contributed by atoms with E-state index in [2.05, 4.69) is 21.5 Å². The number of anilines is 3. The smallest absolute Gasteiger partial charge is 0.420 e. The Morgan fingerprint density at radius 1 is 1.22 bits per heavy atom. The predicted molar refractivity (Wildman–Crippen MR) is 160 cm³/mol. The molecule has 0 unspecified atom stereocenters. The molecule has 2 aromatic carbocycles. The van der Waals surface area contributed by atoms with Crippen LogP contribution in [-0.2, 0) is 6.18 Å². The van der Waals surface area contributed by atoms with Gasteiger partial charge in [-0.1, -0.05) is 12.1 Å². The number of thiophene rings is 1. The molecule has 3 aromatic heterocycles. The summed E-state index contributed by atoms with van der Waals surface area (Å²) in [4.78, 5) is 13.7. The summed E-state index contributed by atoms with van der Waals surface area (Å²) in [6, 6.07) is 3.42. The molecule has 9 nitrogen and oxygen atoms in total. The minimum atomic E-state index is -5.25. The van der Waals surface area contributed by atoms with E-state index < -0.39 is 69.0 Å². The second-order valence-corrected chi connectivity index (χ2v) is 11.2. The van der Waals surface area contributed by atoms with E-state index in [9.17, 15) is 14.0 Å². The lowest BCUT2D eigenvalue weighted by Crippen LogP contribution is -2.33. The molecule has 236 valence electrons. The van der Waals surface area contributed by atoms with E-state index in [4.69, 9.17) is 20.9 Å². The van der Waals surface area contributed by atoms with Crippen LogP contribution >= 0.6 is 11.3 Å². The maximum atomic E-state index is 16.9. The predicted octanol–water partition coefficient (Wildman–Crippen LogP) is 6.90. The summed E-state index contributed by atoms with van der Waals surface area (Å²) in [5, 5.41) is 8.87. The fraction of sp³-hybridized carbons (Fsp3) is 0.200. The van der Waals surface area contributed by atoms with Crippen molar-refractivity contribution >= 4 is 49.0 Å². The number of hydrogen-bond donors (Lipinski definition) is 2. The molecule has 4 N–H and O–H groups in total. The van der Waals surface area contributed by atoms with Crippen molar-refractivity contribution < 1.29 is 35.8 Å². The average molecular weight is 658 g/mol. The van der Waals surface area contributed by atoms with Crippen LogP contribution in [0.25, 0.3) is 32.1 Å². The van der Waals surface area contributed by atoms with Crippen LogP contribution < -0.4 is 25.8 Å². The van der Waals surface area contributed by atoms with Crippen molar-refractivity contribution in [2.75, 3.05) is 36.6 Å². The van der Waals surface area contributed by atoms with Crippen LogP contribution in [-0.4, -0.2) is 35.2 Å². The molecule has 0 saturated heterocycles. The Bertz CT molecular complexity index is 2110. The van der Waals surface area contributed by atoms with Gasteiger partial charge in [0.1, 0.15) is 57.8 Å². The lowest BCUT2D eigenvalue weighted by molar-refractivity contribution is -0.138. The van der Waals surface area contributed by atoms with E-state index in [1.807, 2.05) is 0 Å². The number of pyridine rings is 1. The monoisotopic (exact) mass is 657 g/mol. The van der Waals surface area contributed by atoms with E-state index in [1.54, 1.807) is 6.07 Å². The van der Waals surface area contributed by atoms with Crippen LogP contribution in [0.4, 0.5) is 43.0 Å². The van der Waals surface area contributed by atoms with Crippen molar-refractivity contribution in [2.24, 2.45) is 0 Å². The topological polar surface area (TPSA) is 136 Å². The zero-order chi connectivity index (χ0) is 33.1. The van der Waals surface area contributed by atoms with Gasteiger partial charge in [-0.3, -0.25) is 0 Å². The van der Waals surface area contributed by atoms with Gasteiger partial charge in [0.15, 0.2) is 5.82 Å². The minimum absolute atomic E-state index is 0.0583. The summed E-state index contributed by atoms with van der Waals surface area (Å²) in [7, 11) is 1.18. The fourth-order valence-corrected chi connectivity index (χ4v) is 6.66. The molecule has 5 aromatic rings. The van der Waals surface area contributed by atoms with E-state index in [0.29, 0.717) is 11.3 Å². The molecule has 0 spiro atoms. The number of methoxy groups -OCH3 is 1. The Kier molecular flexibility index (Phi) is 7.51. The third-order valence-electron chi connectivity index (χ3n) is 7.56.